The second-order valence-corrected chi connectivity index (χ2v) is 4.88. The molecule has 1 aliphatic rings. The molecule has 1 heterocycles. The Labute approximate surface area is 115 Å². The minimum atomic E-state index is -0.242. The van der Waals surface area contributed by atoms with Crippen LogP contribution in [-0.4, -0.2) is 70.2 Å². The highest BCUT2D eigenvalue weighted by Crippen LogP contribution is 2.12. The highest BCUT2D eigenvalue weighted by atomic mass is 16.7. The topological polar surface area (TPSA) is 60.0 Å². The van der Waals surface area contributed by atoms with Gasteiger partial charge in [-0.3, -0.25) is 4.79 Å². The summed E-state index contributed by atoms with van der Waals surface area (Å²) in [6.45, 7) is 3.76. The summed E-state index contributed by atoms with van der Waals surface area (Å²) in [6.07, 6.45) is 1.65. The van der Waals surface area contributed by atoms with Crippen molar-refractivity contribution in [2.45, 2.75) is 38.1 Å². The quantitative estimate of drug-likeness (QED) is 0.673. The van der Waals surface area contributed by atoms with E-state index >= 15 is 0 Å². The van der Waals surface area contributed by atoms with Gasteiger partial charge in [0.15, 0.2) is 6.29 Å². The van der Waals surface area contributed by atoms with Gasteiger partial charge in [-0.05, 0) is 19.8 Å². The van der Waals surface area contributed by atoms with Crippen molar-refractivity contribution in [3.05, 3.63) is 0 Å². The van der Waals surface area contributed by atoms with Gasteiger partial charge in [0, 0.05) is 40.5 Å². The van der Waals surface area contributed by atoms with E-state index in [2.05, 4.69) is 5.32 Å². The van der Waals surface area contributed by atoms with Crippen molar-refractivity contribution in [2.24, 2.45) is 0 Å². The van der Waals surface area contributed by atoms with Crippen LogP contribution in [-0.2, 0) is 19.0 Å². The van der Waals surface area contributed by atoms with Crippen molar-refractivity contribution in [3.63, 3.8) is 0 Å². The van der Waals surface area contributed by atoms with Crippen LogP contribution < -0.4 is 5.32 Å². The SMILES string of the molecule is COCC(=O)N1CCC(NC(C)C(OC)OC)CC1. The molecule has 1 atom stereocenters. The second-order valence-electron chi connectivity index (χ2n) is 4.88. The fourth-order valence-electron chi connectivity index (χ4n) is 2.47. The van der Waals surface area contributed by atoms with E-state index < -0.39 is 0 Å². The Kier molecular flexibility index (Phi) is 7.30. The molecule has 1 saturated heterocycles. The summed E-state index contributed by atoms with van der Waals surface area (Å²) in [6, 6.07) is 0.524. The highest BCUT2D eigenvalue weighted by Gasteiger charge is 2.25. The maximum atomic E-state index is 11.7. The zero-order valence-corrected chi connectivity index (χ0v) is 12.3. The Balaban J connectivity index is 2.32. The fourth-order valence-corrected chi connectivity index (χ4v) is 2.47. The minimum Gasteiger partial charge on any atom is -0.375 e. The van der Waals surface area contributed by atoms with Crippen LogP contribution in [0.4, 0.5) is 0 Å². The number of methoxy groups -OCH3 is 3. The Hall–Kier alpha value is -0.690. The average Bonchev–Trinajstić information content (AvgIpc) is 2.41. The highest BCUT2D eigenvalue weighted by molar-refractivity contribution is 5.77. The molecule has 0 bridgehead atoms. The third-order valence-corrected chi connectivity index (χ3v) is 3.49. The van der Waals surface area contributed by atoms with Crippen LogP contribution in [0.2, 0.25) is 0 Å². The largest absolute Gasteiger partial charge is 0.375 e. The van der Waals surface area contributed by atoms with Gasteiger partial charge in [0.05, 0.1) is 6.04 Å². The van der Waals surface area contributed by atoms with Crippen LogP contribution in [0.15, 0.2) is 0 Å². The molecular formula is C13H26N2O4. The molecule has 1 fully saturated rings. The van der Waals surface area contributed by atoms with E-state index in [9.17, 15) is 4.79 Å². The third-order valence-electron chi connectivity index (χ3n) is 3.49. The molecule has 1 unspecified atom stereocenters. The first-order valence-corrected chi connectivity index (χ1v) is 6.70. The molecule has 6 nitrogen and oxygen atoms in total. The van der Waals surface area contributed by atoms with Gasteiger partial charge in [0.25, 0.3) is 0 Å². The number of rotatable bonds is 7. The summed E-state index contributed by atoms with van der Waals surface area (Å²) in [5.74, 6) is 0.0701. The van der Waals surface area contributed by atoms with Gasteiger partial charge < -0.3 is 24.4 Å². The van der Waals surface area contributed by atoms with Gasteiger partial charge in [-0.1, -0.05) is 0 Å². The summed E-state index contributed by atoms with van der Waals surface area (Å²) in [5, 5.41) is 3.49. The fraction of sp³-hybridized carbons (Fsp3) is 0.923. The molecule has 0 aromatic carbocycles. The molecule has 0 radical (unpaired) electrons. The molecule has 1 rings (SSSR count). The van der Waals surface area contributed by atoms with Crippen LogP contribution in [0.3, 0.4) is 0 Å². The third kappa shape index (κ3) is 5.06. The lowest BCUT2D eigenvalue weighted by Gasteiger charge is -2.35. The maximum absolute atomic E-state index is 11.7. The van der Waals surface area contributed by atoms with Crippen molar-refractivity contribution in [1.82, 2.24) is 10.2 Å². The first-order valence-electron chi connectivity index (χ1n) is 6.70. The number of carbonyl (C=O) groups is 1. The molecule has 1 N–H and O–H groups in total. The molecule has 0 saturated carbocycles. The summed E-state index contributed by atoms with van der Waals surface area (Å²) in [5.41, 5.74) is 0. The Morgan fingerprint density at radius 3 is 2.32 bits per heavy atom. The number of nitrogens with one attached hydrogen (secondary N) is 1. The predicted molar refractivity (Wildman–Crippen MR) is 71.9 cm³/mol. The number of likely N-dealkylation sites (tertiary alicyclic amines) is 1. The van der Waals surface area contributed by atoms with E-state index in [-0.39, 0.29) is 24.8 Å². The van der Waals surface area contributed by atoms with E-state index in [0.29, 0.717) is 6.04 Å². The number of amides is 1. The predicted octanol–water partition coefficient (Wildman–Crippen LogP) is 0.221. The molecule has 0 aromatic rings. The average molecular weight is 274 g/mol. The normalized spacial score (nSPS) is 18.9. The number of hydrogen-bond acceptors (Lipinski definition) is 5. The lowest BCUT2D eigenvalue weighted by molar-refractivity contribution is -0.137. The van der Waals surface area contributed by atoms with Gasteiger partial charge in [-0.15, -0.1) is 0 Å². The number of ether oxygens (including phenoxy) is 3. The van der Waals surface area contributed by atoms with Crippen molar-refractivity contribution >= 4 is 5.91 Å². The van der Waals surface area contributed by atoms with Crippen molar-refractivity contribution in [3.8, 4) is 0 Å². The molecule has 0 aliphatic carbocycles. The van der Waals surface area contributed by atoms with E-state index in [4.69, 9.17) is 14.2 Å². The minimum absolute atomic E-state index is 0.0701. The number of carbonyl (C=O) groups excluding carboxylic acids is 1. The van der Waals surface area contributed by atoms with E-state index in [1.54, 1.807) is 21.3 Å². The standard InChI is InChI=1S/C13H26N2O4/c1-10(13(18-3)19-4)14-11-5-7-15(8-6-11)12(16)9-17-2/h10-11,13-14H,5-9H2,1-4H3. The monoisotopic (exact) mass is 274 g/mol. The van der Waals surface area contributed by atoms with Gasteiger partial charge in [0.2, 0.25) is 5.91 Å². The number of nitrogens with zero attached hydrogens (tertiary/aromatic N) is 1. The van der Waals surface area contributed by atoms with E-state index in [1.807, 2.05) is 11.8 Å². The lowest BCUT2D eigenvalue weighted by atomic mass is 10.0. The van der Waals surface area contributed by atoms with E-state index in [1.165, 1.54) is 0 Å². The summed E-state index contributed by atoms with van der Waals surface area (Å²) < 4.78 is 15.3. The van der Waals surface area contributed by atoms with Gasteiger partial charge in [-0.2, -0.15) is 0 Å². The van der Waals surface area contributed by atoms with Crippen LogP contribution in [0.5, 0.6) is 0 Å². The molecule has 1 amide bonds. The van der Waals surface area contributed by atoms with Gasteiger partial charge >= 0.3 is 0 Å². The summed E-state index contributed by atoms with van der Waals surface area (Å²) >= 11 is 0. The zero-order valence-electron chi connectivity index (χ0n) is 12.3. The first-order chi connectivity index (χ1) is 9.12. The molecule has 112 valence electrons. The number of hydrogen-bond donors (Lipinski definition) is 1. The van der Waals surface area contributed by atoms with Gasteiger partial charge in [0.1, 0.15) is 6.61 Å². The number of piperidine rings is 1. The molecule has 0 spiro atoms. The van der Waals surface area contributed by atoms with E-state index in [0.717, 1.165) is 25.9 Å². The van der Waals surface area contributed by atoms with Crippen LogP contribution >= 0.6 is 0 Å². The molecule has 0 aromatic heterocycles. The zero-order chi connectivity index (χ0) is 14.3. The second kappa shape index (κ2) is 8.47. The summed E-state index contributed by atoms with van der Waals surface area (Å²) in [4.78, 5) is 13.5. The summed E-state index contributed by atoms with van der Waals surface area (Å²) in [7, 11) is 4.82. The first kappa shape index (κ1) is 16.4. The van der Waals surface area contributed by atoms with Crippen LogP contribution in [0, 0.1) is 0 Å². The van der Waals surface area contributed by atoms with Crippen molar-refractivity contribution in [1.29, 1.82) is 0 Å². The molecule has 6 heteroatoms. The van der Waals surface area contributed by atoms with Gasteiger partial charge in [-0.25, -0.2) is 0 Å². The Morgan fingerprint density at radius 2 is 1.84 bits per heavy atom. The van der Waals surface area contributed by atoms with Crippen molar-refractivity contribution in [2.75, 3.05) is 41.0 Å². The van der Waals surface area contributed by atoms with Crippen LogP contribution in [0.25, 0.3) is 0 Å². The Bertz CT molecular complexity index is 263. The molecular weight excluding hydrogens is 248 g/mol. The molecule has 1 aliphatic heterocycles. The van der Waals surface area contributed by atoms with Crippen LogP contribution in [0.1, 0.15) is 19.8 Å². The van der Waals surface area contributed by atoms with Crippen molar-refractivity contribution < 1.29 is 19.0 Å². The smallest absolute Gasteiger partial charge is 0.248 e. The lowest BCUT2D eigenvalue weighted by Crippen LogP contribution is -2.51. The molecule has 19 heavy (non-hydrogen) atoms. The maximum Gasteiger partial charge on any atom is 0.248 e. The Morgan fingerprint density at radius 1 is 1.26 bits per heavy atom.